The van der Waals surface area contributed by atoms with Crippen LogP contribution in [0.25, 0.3) is 0 Å². The summed E-state index contributed by atoms with van der Waals surface area (Å²) in [5.41, 5.74) is -2.34. The smallest absolute Gasteiger partial charge is 0.203 e. The summed E-state index contributed by atoms with van der Waals surface area (Å²) in [6, 6.07) is 0. The van der Waals surface area contributed by atoms with Gasteiger partial charge in [-0.3, -0.25) is 0 Å². The van der Waals surface area contributed by atoms with Crippen LogP contribution in [-0.2, 0) is 0 Å². The second-order valence-electron chi connectivity index (χ2n) is 7.69. The molecular formula is C19H28F8. The van der Waals surface area contributed by atoms with Crippen LogP contribution in [0.15, 0.2) is 0 Å². The van der Waals surface area contributed by atoms with Crippen molar-refractivity contribution in [2.75, 3.05) is 0 Å². The van der Waals surface area contributed by atoms with Crippen LogP contribution in [0.2, 0.25) is 0 Å². The number of halogens is 8. The Morgan fingerprint density at radius 2 is 0.889 bits per heavy atom. The summed E-state index contributed by atoms with van der Waals surface area (Å²) in [7, 11) is 0. The highest BCUT2D eigenvalue weighted by Crippen LogP contribution is 2.36. The molecule has 0 saturated carbocycles. The van der Waals surface area contributed by atoms with Crippen molar-refractivity contribution < 1.29 is 35.1 Å². The Balaban J connectivity index is 0. The molecule has 0 bridgehead atoms. The molecule has 1 aromatic rings. The molecule has 0 aliphatic carbocycles. The molecule has 0 aromatic heterocycles. The van der Waals surface area contributed by atoms with Crippen molar-refractivity contribution in [3.63, 3.8) is 0 Å². The van der Waals surface area contributed by atoms with Gasteiger partial charge in [0.25, 0.3) is 0 Å². The fraction of sp³-hybridized carbons (Fsp3) is 0.684. The second kappa shape index (κ2) is 10.9. The lowest BCUT2D eigenvalue weighted by atomic mass is 9.96. The molecular weight excluding hydrogens is 380 g/mol. The van der Waals surface area contributed by atoms with E-state index in [-0.39, 0.29) is 0 Å². The van der Waals surface area contributed by atoms with Crippen LogP contribution < -0.4 is 0 Å². The molecule has 1 aromatic carbocycles. The van der Waals surface area contributed by atoms with Gasteiger partial charge in [-0.2, -0.15) is 13.2 Å². The predicted molar refractivity (Wildman–Crippen MR) is 91.0 cm³/mol. The topological polar surface area (TPSA) is 0 Å². The van der Waals surface area contributed by atoms with Crippen LogP contribution in [0.3, 0.4) is 0 Å². The lowest BCUT2D eigenvalue weighted by Crippen LogP contribution is -2.28. The third-order valence-corrected chi connectivity index (χ3v) is 3.49. The van der Waals surface area contributed by atoms with Crippen LogP contribution in [0.4, 0.5) is 35.1 Å². The van der Waals surface area contributed by atoms with Crippen LogP contribution in [0.5, 0.6) is 0 Å². The van der Waals surface area contributed by atoms with Crippen LogP contribution in [0, 0.1) is 40.4 Å². The van der Waals surface area contributed by atoms with E-state index in [1.165, 1.54) is 20.3 Å². The fourth-order valence-electron chi connectivity index (χ4n) is 1.13. The van der Waals surface area contributed by atoms with Gasteiger partial charge in [-0.1, -0.05) is 61.8 Å². The SMILES string of the molecule is CC(C)(C)C(F)(F)F.CC(C)c1c(F)c(F)c(F)c(F)c1F.CCC(C)C. The average Bonchev–Trinajstić information content (AvgIpc) is 2.50. The zero-order valence-corrected chi connectivity index (χ0v) is 16.9. The van der Waals surface area contributed by atoms with E-state index in [9.17, 15) is 35.1 Å². The fourth-order valence-corrected chi connectivity index (χ4v) is 1.13. The van der Waals surface area contributed by atoms with Crippen molar-refractivity contribution >= 4 is 0 Å². The third-order valence-electron chi connectivity index (χ3n) is 3.49. The highest BCUT2D eigenvalue weighted by atomic mass is 19.4. The Morgan fingerprint density at radius 1 is 0.667 bits per heavy atom. The summed E-state index contributed by atoms with van der Waals surface area (Å²) in [4.78, 5) is 0. The summed E-state index contributed by atoms with van der Waals surface area (Å²) in [6.45, 7) is 12.8. The molecule has 160 valence electrons. The normalized spacial score (nSPS) is 11.8. The van der Waals surface area contributed by atoms with Gasteiger partial charge in [-0.05, 0) is 11.8 Å². The first-order chi connectivity index (χ1) is 11.9. The Hall–Kier alpha value is -1.34. The molecule has 0 aliphatic rings. The maximum atomic E-state index is 12.9. The maximum absolute atomic E-state index is 12.9. The van der Waals surface area contributed by atoms with Crippen molar-refractivity contribution in [3.05, 3.63) is 34.6 Å². The molecule has 1 rings (SSSR count). The van der Waals surface area contributed by atoms with Gasteiger partial charge in [0.15, 0.2) is 23.3 Å². The molecule has 0 saturated heterocycles. The number of benzene rings is 1. The quantitative estimate of drug-likeness (QED) is 0.263. The standard InChI is InChI=1S/C9H7F5.C5H9F3.C5H12/c1-3(2)4-5(10)7(12)9(14)8(13)6(4)11;1-4(2,3)5(6,7)8;1-4-5(2)3/h3H,1-2H3;1-3H3;5H,4H2,1-3H3. The van der Waals surface area contributed by atoms with Crippen molar-refractivity contribution in [2.45, 2.75) is 73.9 Å². The molecule has 27 heavy (non-hydrogen) atoms. The first-order valence-corrected chi connectivity index (χ1v) is 8.48. The van der Waals surface area contributed by atoms with E-state index in [1.807, 2.05) is 0 Å². The zero-order valence-electron chi connectivity index (χ0n) is 16.9. The Morgan fingerprint density at radius 3 is 1.04 bits per heavy atom. The van der Waals surface area contributed by atoms with Gasteiger partial charge >= 0.3 is 6.18 Å². The van der Waals surface area contributed by atoms with E-state index in [1.54, 1.807) is 0 Å². The summed E-state index contributed by atoms with van der Waals surface area (Å²) >= 11 is 0. The number of alkyl halides is 3. The molecule has 8 heteroatoms. The molecule has 0 N–H and O–H groups in total. The first kappa shape index (κ1) is 27.9. The molecule has 0 atom stereocenters. The van der Waals surface area contributed by atoms with E-state index in [2.05, 4.69) is 20.8 Å². The van der Waals surface area contributed by atoms with E-state index >= 15 is 0 Å². The minimum Gasteiger partial charge on any atom is -0.203 e. The van der Waals surface area contributed by atoms with E-state index in [0.29, 0.717) is 0 Å². The first-order valence-electron chi connectivity index (χ1n) is 8.48. The maximum Gasteiger partial charge on any atom is 0.393 e. The van der Waals surface area contributed by atoms with Crippen molar-refractivity contribution in [1.82, 2.24) is 0 Å². The van der Waals surface area contributed by atoms with Gasteiger partial charge in [0, 0.05) is 5.56 Å². The summed E-state index contributed by atoms with van der Waals surface area (Å²) in [5.74, 6) is -9.30. The molecule has 0 spiro atoms. The lowest BCUT2D eigenvalue weighted by molar-refractivity contribution is -0.204. The average molecular weight is 408 g/mol. The van der Waals surface area contributed by atoms with E-state index in [0.717, 1.165) is 26.7 Å². The van der Waals surface area contributed by atoms with Gasteiger partial charge in [0.1, 0.15) is 0 Å². The second-order valence-corrected chi connectivity index (χ2v) is 7.69. The van der Waals surface area contributed by atoms with Gasteiger partial charge in [-0.15, -0.1) is 0 Å². The largest absolute Gasteiger partial charge is 0.393 e. The van der Waals surface area contributed by atoms with Crippen LogP contribution >= 0.6 is 0 Å². The van der Waals surface area contributed by atoms with E-state index in [4.69, 9.17) is 0 Å². The highest BCUT2D eigenvalue weighted by molar-refractivity contribution is 5.26. The Kier molecular flexibility index (Phi) is 11.2. The number of rotatable bonds is 2. The molecule has 0 nitrogen and oxygen atoms in total. The lowest BCUT2D eigenvalue weighted by Gasteiger charge is -2.21. The van der Waals surface area contributed by atoms with Crippen LogP contribution in [-0.4, -0.2) is 6.18 Å². The molecule has 0 radical (unpaired) electrons. The molecule has 0 aliphatic heterocycles. The highest BCUT2D eigenvalue weighted by Gasteiger charge is 2.42. The van der Waals surface area contributed by atoms with Crippen molar-refractivity contribution in [3.8, 4) is 0 Å². The van der Waals surface area contributed by atoms with Gasteiger partial charge in [-0.25, -0.2) is 22.0 Å². The van der Waals surface area contributed by atoms with Gasteiger partial charge < -0.3 is 0 Å². The number of hydrogen-bond acceptors (Lipinski definition) is 0. The summed E-state index contributed by atoms with van der Waals surface area (Å²) in [6.07, 6.45) is -2.76. The predicted octanol–water partition coefficient (Wildman–Crippen LogP) is 8.15. The number of hydrogen-bond donors (Lipinski definition) is 0. The van der Waals surface area contributed by atoms with Crippen molar-refractivity contribution in [1.29, 1.82) is 0 Å². The van der Waals surface area contributed by atoms with E-state index < -0.39 is 52.2 Å². The Bertz CT molecular complexity index is 540. The zero-order chi connectivity index (χ0) is 22.3. The monoisotopic (exact) mass is 408 g/mol. The van der Waals surface area contributed by atoms with Crippen LogP contribution in [0.1, 0.15) is 73.3 Å². The molecule has 0 fully saturated rings. The summed E-state index contributed by atoms with van der Waals surface area (Å²) in [5, 5.41) is 0. The van der Waals surface area contributed by atoms with Gasteiger partial charge in [0.2, 0.25) is 5.82 Å². The minimum absolute atomic E-state index is 0.764. The molecule has 0 unspecified atom stereocenters. The Labute approximate surface area is 156 Å². The summed E-state index contributed by atoms with van der Waals surface area (Å²) < 4.78 is 98.3. The molecule has 0 heterocycles. The van der Waals surface area contributed by atoms with Crippen molar-refractivity contribution in [2.24, 2.45) is 11.3 Å². The minimum atomic E-state index is -4.06. The third kappa shape index (κ3) is 8.93. The van der Waals surface area contributed by atoms with Gasteiger partial charge in [0.05, 0.1) is 5.41 Å². The molecule has 0 amide bonds.